The molecule has 0 aliphatic rings. The molecule has 2 aromatic carbocycles. The Morgan fingerprint density at radius 2 is 1.83 bits per heavy atom. The lowest BCUT2D eigenvalue weighted by atomic mass is 9.96. The molecule has 3 aromatic rings. The molecular formula is C25H33N3O. The molecular weight excluding hydrogens is 358 g/mol. The molecule has 4 nitrogen and oxygen atoms in total. The lowest BCUT2D eigenvalue weighted by Gasteiger charge is -2.17. The number of nitrogens with zero attached hydrogens (tertiary/aromatic N) is 2. The minimum Gasteiger partial charge on any atom is -0.356 e. The van der Waals surface area contributed by atoms with Crippen molar-refractivity contribution in [2.45, 2.75) is 59.9 Å². The van der Waals surface area contributed by atoms with Crippen molar-refractivity contribution < 1.29 is 4.79 Å². The highest BCUT2D eigenvalue weighted by atomic mass is 16.2. The second kappa shape index (κ2) is 9.25. The molecule has 0 fully saturated rings. The van der Waals surface area contributed by atoms with Crippen LogP contribution in [0.1, 0.15) is 57.0 Å². The number of nitrogens with one attached hydrogen (secondary N) is 1. The second-order valence-electron chi connectivity index (χ2n) is 8.91. The van der Waals surface area contributed by atoms with E-state index in [1.54, 1.807) is 0 Å². The van der Waals surface area contributed by atoms with E-state index >= 15 is 0 Å². The fourth-order valence-electron chi connectivity index (χ4n) is 3.54. The number of amides is 1. The van der Waals surface area contributed by atoms with Crippen LogP contribution in [0.2, 0.25) is 0 Å². The molecule has 0 saturated carbocycles. The number of rotatable bonds is 8. The molecule has 0 aliphatic heterocycles. The lowest BCUT2D eigenvalue weighted by molar-refractivity contribution is -0.128. The van der Waals surface area contributed by atoms with Crippen LogP contribution in [-0.2, 0) is 17.8 Å². The van der Waals surface area contributed by atoms with Gasteiger partial charge in [-0.15, -0.1) is 0 Å². The highest BCUT2D eigenvalue weighted by Gasteiger charge is 2.20. The van der Waals surface area contributed by atoms with Gasteiger partial charge in [-0.05, 0) is 37.5 Å². The Morgan fingerprint density at radius 3 is 2.59 bits per heavy atom. The number of imidazole rings is 1. The maximum absolute atomic E-state index is 11.9. The minimum absolute atomic E-state index is 0.123. The van der Waals surface area contributed by atoms with E-state index in [1.165, 1.54) is 16.6 Å². The van der Waals surface area contributed by atoms with Crippen LogP contribution in [-0.4, -0.2) is 22.0 Å². The van der Waals surface area contributed by atoms with Gasteiger partial charge in [-0.1, -0.05) is 69.2 Å². The van der Waals surface area contributed by atoms with Crippen molar-refractivity contribution in [3.63, 3.8) is 0 Å². The summed E-state index contributed by atoms with van der Waals surface area (Å²) < 4.78 is 2.35. The summed E-state index contributed by atoms with van der Waals surface area (Å²) in [4.78, 5) is 16.8. The molecule has 0 atom stereocenters. The maximum atomic E-state index is 11.9. The van der Waals surface area contributed by atoms with Crippen molar-refractivity contribution in [2.24, 2.45) is 5.41 Å². The van der Waals surface area contributed by atoms with Crippen LogP contribution < -0.4 is 5.32 Å². The van der Waals surface area contributed by atoms with Gasteiger partial charge < -0.3 is 9.88 Å². The molecule has 0 unspecified atom stereocenters. The predicted molar refractivity (Wildman–Crippen MR) is 120 cm³/mol. The summed E-state index contributed by atoms with van der Waals surface area (Å²) >= 11 is 0. The van der Waals surface area contributed by atoms with Crippen molar-refractivity contribution >= 4 is 16.9 Å². The van der Waals surface area contributed by atoms with Gasteiger partial charge in [0.2, 0.25) is 5.91 Å². The zero-order valence-corrected chi connectivity index (χ0v) is 18.2. The maximum Gasteiger partial charge on any atom is 0.225 e. The first kappa shape index (κ1) is 21.1. The van der Waals surface area contributed by atoms with Gasteiger partial charge in [-0.25, -0.2) is 4.98 Å². The third kappa shape index (κ3) is 5.69. The molecule has 3 rings (SSSR count). The monoisotopic (exact) mass is 391 g/mol. The smallest absolute Gasteiger partial charge is 0.225 e. The van der Waals surface area contributed by atoms with E-state index in [4.69, 9.17) is 4.98 Å². The predicted octanol–water partition coefficient (Wildman–Crippen LogP) is 5.27. The quantitative estimate of drug-likeness (QED) is 0.532. The van der Waals surface area contributed by atoms with Gasteiger partial charge in [0.25, 0.3) is 0 Å². The summed E-state index contributed by atoms with van der Waals surface area (Å²) in [6.45, 7) is 9.56. The van der Waals surface area contributed by atoms with Crippen molar-refractivity contribution in [1.29, 1.82) is 0 Å². The Kier molecular flexibility index (Phi) is 6.73. The number of carbonyl (C=O) groups excluding carboxylic acids is 1. The van der Waals surface area contributed by atoms with Crippen LogP contribution in [0.15, 0.2) is 48.5 Å². The Labute approximate surface area is 174 Å². The van der Waals surface area contributed by atoms with Crippen LogP contribution in [0, 0.1) is 12.3 Å². The Balaban J connectivity index is 1.61. The average molecular weight is 392 g/mol. The van der Waals surface area contributed by atoms with Crippen LogP contribution in [0.3, 0.4) is 0 Å². The fraction of sp³-hybridized carbons (Fsp3) is 0.440. The molecule has 0 bridgehead atoms. The van der Waals surface area contributed by atoms with Crippen molar-refractivity contribution in [3.05, 3.63) is 65.5 Å². The minimum atomic E-state index is -0.319. The summed E-state index contributed by atoms with van der Waals surface area (Å²) in [7, 11) is 0. The number of unbranched alkanes of at least 4 members (excludes halogenated alkanes) is 2. The standard InChI is InChI=1S/C25H33N3O/c1-19-11-10-12-20(17-19)18-28-22-14-8-7-13-21(22)27-23(28)15-6-5-9-16-26-24(29)25(2,3)4/h7-8,10-14,17H,5-6,9,15-16,18H2,1-4H3,(H,26,29). The second-order valence-corrected chi connectivity index (χ2v) is 8.91. The zero-order chi connectivity index (χ0) is 20.9. The number of carbonyl (C=O) groups is 1. The normalized spacial score (nSPS) is 11.7. The molecule has 1 heterocycles. The van der Waals surface area contributed by atoms with E-state index < -0.39 is 0 Å². The average Bonchev–Trinajstić information content (AvgIpc) is 3.01. The summed E-state index contributed by atoms with van der Waals surface area (Å²) in [6, 6.07) is 17.1. The van der Waals surface area contributed by atoms with Gasteiger partial charge in [0.1, 0.15) is 5.82 Å². The molecule has 0 aliphatic carbocycles. The summed E-state index contributed by atoms with van der Waals surface area (Å²) in [5, 5.41) is 3.03. The first-order chi connectivity index (χ1) is 13.8. The number of para-hydroxylation sites is 2. The number of benzene rings is 2. The van der Waals surface area contributed by atoms with E-state index in [2.05, 4.69) is 59.3 Å². The molecule has 0 saturated heterocycles. The van der Waals surface area contributed by atoms with Crippen LogP contribution in [0.4, 0.5) is 0 Å². The fourth-order valence-corrected chi connectivity index (χ4v) is 3.54. The number of hydrogen-bond acceptors (Lipinski definition) is 2. The van der Waals surface area contributed by atoms with Crippen LogP contribution in [0.5, 0.6) is 0 Å². The van der Waals surface area contributed by atoms with E-state index in [-0.39, 0.29) is 11.3 Å². The Hall–Kier alpha value is -2.62. The molecule has 0 spiro atoms. The Morgan fingerprint density at radius 1 is 1.03 bits per heavy atom. The van der Waals surface area contributed by atoms with Gasteiger partial charge >= 0.3 is 0 Å². The third-order valence-corrected chi connectivity index (χ3v) is 5.20. The van der Waals surface area contributed by atoms with Crippen molar-refractivity contribution in [1.82, 2.24) is 14.9 Å². The van der Waals surface area contributed by atoms with Crippen LogP contribution >= 0.6 is 0 Å². The molecule has 1 N–H and O–H groups in total. The number of aryl methyl sites for hydroxylation is 2. The molecule has 29 heavy (non-hydrogen) atoms. The van der Waals surface area contributed by atoms with Crippen LogP contribution in [0.25, 0.3) is 11.0 Å². The topological polar surface area (TPSA) is 46.9 Å². The Bertz CT molecular complexity index is 966. The van der Waals surface area contributed by atoms with Crippen molar-refractivity contribution in [3.8, 4) is 0 Å². The highest BCUT2D eigenvalue weighted by Crippen LogP contribution is 2.20. The molecule has 154 valence electrons. The number of hydrogen-bond donors (Lipinski definition) is 1. The largest absolute Gasteiger partial charge is 0.356 e. The van der Waals surface area contributed by atoms with E-state index in [1.807, 2.05) is 26.8 Å². The first-order valence-corrected chi connectivity index (χ1v) is 10.6. The lowest BCUT2D eigenvalue weighted by Crippen LogP contribution is -2.35. The van der Waals surface area contributed by atoms with Gasteiger partial charge in [0, 0.05) is 24.9 Å². The SMILES string of the molecule is Cc1cccc(Cn2c(CCCCCNC(=O)C(C)(C)C)nc3ccccc32)c1. The summed E-state index contributed by atoms with van der Waals surface area (Å²) in [5.74, 6) is 1.27. The molecule has 4 heteroatoms. The van der Waals surface area contributed by atoms with E-state index in [0.717, 1.165) is 50.1 Å². The first-order valence-electron chi connectivity index (χ1n) is 10.6. The van der Waals surface area contributed by atoms with E-state index in [9.17, 15) is 4.79 Å². The molecule has 1 aromatic heterocycles. The van der Waals surface area contributed by atoms with Gasteiger partial charge in [-0.2, -0.15) is 0 Å². The summed E-state index contributed by atoms with van der Waals surface area (Å²) in [5.41, 5.74) is 4.53. The number of fused-ring (bicyclic) bond motifs is 1. The van der Waals surface area contributed by atoms with Gasteiger partial charge in [0.05, 0.1) is 11.0 Å². The zero-order valence-electron chi connectivity index (χ0n) is 18.2. The van der Waals surface area contributed by atoms with Crippen molar-refractivity contribution in [2.75, 3.05) is 6.54 Å². The van der Waals surface area contributed by atoms with Gasteiger partial charge in [-0.3, -0.25) is 4.79 Å². The third-order valence-electron chi connectivity index (χ3n) is 5.20. The molecule has 1 amide bonds. The molecule has 0 radical (unpaired) electrons. The summed E-state index contributed by atoms with van der Waals surface area (Å²) in [6.07, 6.45) is 4.11. The number of aromatic nitrogens is 2. The van der Waals surface area contributed by atoms with E-state index in [0.29, 0.717) is 0 Å². The highest BCUT2D eigenvalue weighted by molar-refractivity contribution is 5.81. The van der Waals surface area contributed by atoms with Gasteiger partial charge in [0.15, 0.2) is 0 Å².